The van der Waals surface area contributed by atoms with Crippen molar-refractivity contribution < 1.29 is 24.2 Å². The summed E-state index contributed by atoms with van der Waals surface area (Å²) in [6.45, 7) is 0.0360. The van der Waals surface area contributed by atoms with E-state index in [2.05, 4.69) is 10.6 Å². The van der Waals surface area contributed by atoms with Gasteiger partial charge in [0, 0.05) is 13.0 Å². The zero-order valence-electron chi connectivity index (χ0n) is 17.4. The number of nitrogens with zero attached hydrogens (tertiary/aromatic N) is 1. The minimum atomic E-state index is -0.724. The minimum Gasteiger partial charge on any atom is -0.497 e. The molecule has 8 nitrogen and oxygen atoms in total. The molecule has 8 heteroatoms. The Hall–Kier alpha value is -3.39. The van der Waals surface area contributed by atoms with Crippen LogP contribution in [-0.2, 0) is 16.0 Å². The number of hydrogen-bond acceptors (Lipinski definition) is 5. The largest absolute Gasteiger partial charge is 0.497 e. The molecule has 1 heterocycles. The molecule has 3 N–H and O–H groups in total. The van der Waals surface area contributed by atoms with E-state index in [1.165, 1.54) is 4.90 Å². The number of imide groups is 1. The maximum Gasteiger partial charge on any atom is 0.324 e. The van der Waals surface area contributed by atoms with Crippen LogP contribution >= 0.6 is 0 Å². The van der Waals surface area contributed by atoms with E-state index in [1.807, 2.05) is 54.6 Å². The molecule has 4 amide bonds. The van der Waals surface area contributed by atoms with Gasteiger partial charge in [-0.3, -0.25) is 14.5 Å². The quantitative estimate of drug-likeness (QED) is 0.503. The topological polar surface area (TPSA) is 108 Å². The van der Waals surface area contributed by atoms with Crippen LogP contribution < -0.4 is 15.4 Å². The summed E-state index contributed by atoms with van der Waals surface area (Å²) >= 11 is 0. The standard InChI is InChI=1S/C23H27N3O5/c1-31-18-9-7-16(8-10-18)13-14-26-22(29)19(25-23(26)30)11-12-21(28)24-20(15-27)17-5-3-2-4-6-17/h2-10,19-20,27H,11-15H2,1H3,(H,24,28)(H,25,30)/t19-,20+/m0/s1. The Morgan fingerprint density at radius 1 is 1.16 bits per heavy atom. The van der Waals surface area contributed by atoms with Crippen molar-refractivity contribution in [3.63, 3.8) is 0 Å². The smallest absolute Gasteiger partial charge is 0.324 e. The molecule has 1 fully saturated rings. The van der Waals surface area contributed by atoms with Gasteiger partial charge in [0.15, 0.2) is 0 Å². The molecule has 1 saturated heterocycles. The summed E-state index contributed by atoms with van der Waals surface area (Å²) in [6.07, 6.45) is 0.792. The Kier molecular flexibility index (Phi) is 7.61. The van der Waals surface area contributed by atoms with Crippen molar-refractivity contribution in [2.24, 2.45) is 0 Å². The van der Waals surface area contributed by atoms with Crippen molar-refractivity contribution in [1.29, 1.82) is 0 Å². The van der Waals surface area contributed by atoms with Crippen LogP contribution in [0.15, 0.2) is 54.6 Å². The van der Waals surface area contributed by atoms with E-state index in [-0.39, 0.29) is 37.8 Å². The first-order valence-electron chi connectivity index (χ1n) is 10.2. The first-order valence-corrected chi connectivity index (χ1v) is 10.2. The second-order valence-electron chi connectivity index (χ2n) is 7.34. The number of carbonyl (C=O) groups is 3. The zero-order valence-corrected chi connectivity index (χ0v) is 17.4. The molecular weight excluding hydrogens is 398 g/mol. The molecule has 31 heavy (non-hydrogen) atoms. The third-order valence-corrected chi connectivity index (χ3v) is 5.27. The summed E-state index contributed by atoms with van der Waals surface area (Å²) in [7, 11) is 1.59. The molecule has 1 aliphatic rings. The lowest BCUT2D eigenvalue weighted by atomic mass is 10.1. The maximum atomic E-state index is 12.6. The fourth-order valence-electron chi connectivity index (χ4n) is 3.48. The summed E-state index contributed by atoms with van der Waals surface area (Å²) in [5.41, 5.74) is 1.79. The summed E-state index contributed by atoms with van der Waals surface area (Å²) < 4.78 is 5.12. The van der Waals surface area contributed by atoms with E-state index < -0.39 is 18.1 Å². The van der Waals surface area contributed by atoms with Gasteiger partial charge in [0.25, 0.3) is 5.91 Å². The maximum absolute atomic E-state index is 12.6. The highest BCUT2D eigenvalue weighted by Gasteiger charge is 2.37. The van der Waals surface area contributed by atoms with Gasteiger partial charge in [-0.25, -0.2) is 4.79 Å². The van der Waals surface area contributed by atoms with E-state index in [9.17, 15) is 19.5 Å². The van der Waals surface area contributed by atoms with Crippen LogP contribution in [-0.4, -0.2) is 54.2 Å². The molecule has 2 aromatic carbocycles. The Morgan fingerprint density at radius 2 is 1.87 bits per heavy atom. The Balaban J connectivity index is 1.48. The molecule has 0 radical (unpaired) electrons. The fourth-order valence-corrected chi connectivity index (χ4v) is 3.48. The van der Waals surface area contributed by atoms with Crippen molar-refractivity contribution in [3.05, 3.63) is 65.7 Å². The number of aliphatic hydroxyl groups is 1. The average Bonchev–Trinajstić information content (AvgIpc) is 3.08. The number of nitrogens with one attached hydrogen (secondary N) is 2. The van der Waals surface area contributed by atoms with Crippen molar-refractivity contribution in [3.8, 4) is 5.75 Å². The van der Waals surface area contributed by atoms with Crippen molar-refractivity contribution >= 4 is 17.8 Å². The van der Waals surface area contributed by atoms with Crippen molar-refractivity contribution in [2.45, 2.75) is 31.3 Å². The first-order chi connectivity index (χ1) is 15.0. The molecule has 0 saturated carbocycles. The Morgan fingerprint density at radius 3 is 2.52 bits per heavy atom. The van der Waals surface area contributed by atoms with Gasteiger partial charge in [-0.2, -0.15) is 0 Å². The molecule has 3 rings (SSSR count). The van der Waals surface area contributed by atoms with Crippen LogP contribution in [0.4, 0.5) is 4.79 Å². The lowest BCUT2D eigenvalue weighted by Gasteiger charge is -2.17. The van der Waals surface area contributed by atoms with Gasteiger partial charge in [0.2, 0.25) is 5.91 Å². The number of ether oxygens (including phenoxy) is 1. The van der Waals surface area contributed by atoms with Crippen molar-refractivity contribution in [2.75, 3.05) is 20.3 Å². The number of urea groups is 1. The summed E-state index contributed by atoms with van der Waals surface area (Å²) in [5, 5.41) is 15.0. The van der Waals surface area contributed by atoms with Crippen LogP contribution in [0.3, 0.4) is 0 Å². The molecule has 1 aliphatic heterocycles. The van der Waals surface area contributed by atoms with Crippen LogP contribution in [0.1, 0.15) is 30.0 Å². The highest BCUT2D eigenvalue weighted by Crippen LogP contribution is 2.16. The number of carbonyl (C=O) groups excluding carboxylic acids is 3. The molecule has 164 valence electrons. The van der Waals surface area contributed by atoms with Gasteiger partial charge < -0.3 is 20.5 Å². The van der Waals surface area contributed by atoms with Gasteiger partial charge in [0.05, 0.1) is 19.8 Å². The molecule has 2 atom stereocenters. The average molecular weight is 425 g/mol. The summed E-state index contributed by atoms with van der Waals surface area (Å²) in [5.74, 6) is 0.127. The Labute approximate surface area is 181 Å². The number of rotatable bonds is 10. The van der Waals surface area contributed by atoms with Crippen LogP contribution in [0.5, 0.6) is 5.75 Å². The van der Waals surface area contributed by atoms with Gasteiger partial charge in [-0.15, -0.1) is 0 Å². The van der Waals surface area contributed by atoms with Gasteiger partial charge in [0.1, 0.15) is 11.8 Å². The molecule has 0 bridgehead atoms. The monoisotopic (exact) mass is 425 g/mol. The van der Waals surface area contributed by atoms with Gasteiger partial charge in [-0.05, 0) is 36.1 Å². The SMILES string of the molecule is COc1ccc(CCN2C(=O)N[C@@H](CCC(=O)N[C@H](CO)c3ccccc3)C2=O)cc1. The Bertz CT molecular complexity index is 901. The zero-order chi connectivity index (χ0) is 22.2. The first kappa shape index (κ1) is 22.3. The van der Waals surface area contributed by atoms with E-state index in [0.29, 0.717) is 6.42 Å². The summed E-state index contributed by atoms with van der Waals surface area (Å²) in [6, 6.07) is 14.9. The highest BCUT2D eigenvalue weighted by atomic mass is 16.5. The molecule has 0 aliphatic carbocycles. The molecule has 0 unspecified atom stereocenters. The predicted octanol–water partition coefficient (Wildman–Crippen LogP) is 1.79. The fraction of sp³-hybridized carbons (Fsp3) is 0.348. The molecule has 2 aromatic rings. The predicted molar refractivity (Wildman–Crippen MR) is 114 cm³/mol. The summed E-state index contributed by atoms with van der Waals surface area (Å²) in [4.78, 5) is 38.3. The number of aliphatic hydroxyl groups excluding tert-OH is 1. The number of methoxy groups -OCH3 is 1. The second-order valence-corrected chi connectivity index (χ2v) is 7.34. The third-order valence-electron chi connectivity index (χ3n) is 5.27. The number of benzene rings is 2. The lowest BCUT2D eigenvalue weighted by Crippen LogP contribution is -2.35. The second kappa shape index (κ2) is 10.6. The van der Waals surface area contributed by atoms with E-state index in [1.54, 1.807) is 7.11 Å². The van der Waals surface area contributed by atoms with E-state index in [0.717, 1.165) is 16.9 Å². The van der Waals surface area contributed by atoms with Gasteiger partial charge in [-0.1, -0.05) is 42.5 Å². The van der Waals surface area contributed by atoms with Crippen LogP contribution in [0, 0.1) is 0 Å². The lowest BCUT2D eigenvalue weighted by molar-refractivity contribution is -0.127. The number of amides is 4. The third kappa shape index (κ3) is 5.82. The molecule has 0 spiro atoms. The normalized spacial score (nSPS) is 16.7. The van der Waals surface area contributed by atoms with Crippen LogP contribution in [0.2, 0.25) is 0 Å². The number of hydrogen-bond donors (Lipinski definition) is 3. The van der Waals surface area contributed by atoms with E-state index >= 15 is 0 Å². The van der Waals surface area contributed by atoms with E-state index in [4.69, 9.17) is 4.74 Å². The molecule has 0 aromatic heterocycles. The van der Waals surface area contributed by atoms with Crippen molar-refractivity contribution in [1.82, 2.24) is 15.5 Å². The molecular formula is C23H27N3O5. The minimum absolute atomic E-state index is 0.0618. The van der Waals surface area contributed by atoms with Crippen LogP contribution in [0.25, 0.3) is 0 Å². The highest BCUT2D eigenvalue weighted by molar-refractivity contribution is 6.04. The van der Waals surface area contributed by atoms with Gasteiger partial charge >= 0.3 is 6.03 Å².